The number of rotatable bonds is 2. The van der Waals surface area contributed by atoms with Crippen LogP contribution in [0, 0.1) is 10.6 Å². The maximum Gasteiger partial charge on any atom is 0.573 e. The van der Waals surface area contributed by atoms with Gasteiger partial charge in [0.1, 0.15) is 9.45 Å². The van der Waals surface area contributed by atoms with Crippen LogP contribution in [-0.4, -0.2) is 16.5 Å². The average Bonchev–Trinajstić information content (AvgIpc) is 1.99. The Labute approximate surface area is 97.4 Å². The molecule has 0 aliphatic rings. The summed E-state index contributed by atoms with van der Waals surface area (Å²) in [4.78, 5) is 3.91. The summed E-state index contributed by atoms with van der Waals surface area (Å²) >= 11 is 1.78. The van der Waals surface area contributed by atoms with E-state index in [0.717, 1.165) is 6.07 Å². The van der Waals surface area contributed by atoms with Gasteiger partial charge in [0.2, 0.25) is 0 Å². The molecule has 0 bridgehead atoms. The van der Waals surface area contributed by atoms with Gasteiger partial charge >= 0.3 is 6.36 Å². The predicted molar refractivity (Wildman–Crippen MR) is 54.3 cm³/mol. The molecule has 0 amide bonds. The van der Waals surface area contributed by atoms with Crippen molar-refractivity contribution < 1.29 is 23.0 Å². The molecule has 1 N–H and O–H groups in total. The Hall–Kier alpha value is -0.570. The molecule has 15 heavy (non-hydrogen) atoms. The lowest BCUT2D eigenvalue weighted by atomic mass is 10.2. The second-order valence-electron chi connectivity index (χ2n) is 2.71. The summed E-state index contributed by atoms with van der Waals surface area (Å²) in [5.74, 6) is -0.401. The normalized spacial score (nSPS) is 11.6. The molecule has 84 valence electrons. The van der Waals surface area contributed by atoms with Crippen LogP contribution in [0.5, 0.6) is 5.75 Å². The molecule has 1 heterocycles. The smallest absolute Gasteiger partial charge is 0.405 e. The summed E-state index contributed by atoms with van der Waals surface area (Å²) in [5.41, 5.74) is 0.372. The number of hydrogen-bond acceptors (Lipinski definition) is 3. The van der Waals surface area contributed by atoms with Crippen LogP contribution in [0.1, 0.15) is 11.3 Å². The van der Waals surface area contributed by atoms with E-state index >= 15 is 0 Å². The minimum absolute atomic E-state index is 0.0488. The topological polar surface area (TPSA) is 42.4 Å². The van der Waals surface area contributed by atoms with Crippen molar-refractivity contribution in [3.05, 3.63) is 21.0 Å². The Kier molecular flexibility index (Phi) is 3.77. The fourth-order valence-corrected chi connectivity index (χ4v) is 1.69. The van der Waals surface area contributed by atoms with Crippen LogP contribution in [0.15, 0.2) is 6.07 Å². The van der Waals surface area contributed by atoms with Crippen LogP contribution in [0.3, 0.4) is 0 Å². The van der Waals surface area contributed by atoms with Crippen LogP contribution in [0.4, 0.5) is 13.2 Å². The summed E-state index contributed by atoms with van der Waals surface area (Å²) in [6.45, 7) is 0.970. The summed E-state index contributed by atoms with van der Waals surface area (Å²) in [5, 5.41) is 8.90. The van der Waals surface area contributed by atoms with Crippen LogP contribution in [0.25, 0.3) is 0 Å². The van der Waals surface area contributed by atoms with Gasteiger partial charge in [-0.3, -0.25) is 0 Å². The van der Waals surface area contributed by atoms with Crippen molar-refractivity contribution in [2.75, 3.05) is 0 Å². The zero-order chi connectivity index (χ0) is 11.6. The highest BCUT2D eigenvalue weighted by Crippen LogP contribution is 2.28. The Balaban J connectivity index is 3.15. The SMILES string of the molecule is Cc1nc(I)cc(OC(F)(F)F)c1CO. The average molecular weight is 333 g/mol. The number of aromatic nitrogens is 1. The highest BCUT2D eigenvalue weighted by Gasteiger charge is 2.32. The first kappa shape index (κ1) is 12.5. The van der Waals surface area contributed by atoms with Crippen molar-refractivity contribution in [3.8, 4) is 5.75 Å². The van der Waals surface area contributed by atoms with Gasteiger partial charge in [-0.2, -0.15) is 0 Å². The third-order valence-electron chi connectivity index (χ3n) is 1.64. The summed E-state index contributed by atoms with van der Waals surface area (Å²) < 4.78 is 40.1. The van der Waals surface area contributed by atoms with E-state index in [1.807, 2.05) is 0 Å². The first-order valence-corrected chi connectivity index (χ1v) is 4.94. The van der Waals surface area contributed by atoms with Gasteiger partial charge < -0.3 is 9.84 Å². The van der Waals surface area contributed by atoms with E-state index in [4.69, 9.17) is 5.11 Å². The minimum atomic E-state index is -4.76. The number of halogens is 4. The van der Waals surface area contributed by atoms with Crippen molar-refractivity contribution in [1.82, 2.24) is 4.98 Å². The van der Waals surface area contributed by atoms with E-state index < -0.39 is 18.7 Å². The maximum absolute atomic E-state index is 12.0. The Morgan fingerprint density at radius 2 is 2.13 bits per heavy atom. The lowest BCUT2D eigenvalue weighted by molar-refractivity contribution is -0.275. The monoisotopic (exact) mass is 333 g/mol. The molecule has 0 aliphatic carbocycles. The first-order chi connectivity index (χ1) is 6.83. The maximum atomic E-state index is 12.0. The molecule has 1 rings (SSSR count). The van der Waals surface area contributed by atoms with Gasteiger partial charge in [-0.1, -0.05) is 0 Å². The molecule has 0 atom stereocenters. The summed E-state index contributed by atoms with van der Waals surface area (Å²) in [7, 11) is 0. The molecule has 0 aromatic carbocycles. The number of ether oxygens (including phenoxy) is 1. The van der Waals surface area contributed by atoms with Gasteiger partial charge in [0, 0.05) is 17.3 Å². The minimum Gasteiger partial charge on any atom is -0.405 e. The molecule has 1 aromatic rings. The van der Waals surface area contributed by atoms with E-state index in [1.54, 1.807) is 22.6 Å². The van der Waals surface area contributed by atoms with Gasteiger partial charge in [-0.15, -0.1) is 13.2 Å². The van der Waals surface area contributed by atoms with Gasteiger partial charge in [0.15, 0.2) is 0 Å². The zero-order valence-corrected chi connectivity index (χ0v) is 9.76. The third-order valence-corrected chi connectivity index (χ3v) is 2.20. The fourth-order valence-electron chi connectivity index (χ4n) is 1.04. The quantitative estimate of drug-likeness (QED) is 0.668. The molecule has 0 unspecified atom stereocenters. The lowest BCUT2D eigenvalue weighted by Gasteiger charge is -2.13. The number of nitrogens with zero attached hydrogens (tertiary/aromatic N) is 1. The number of alkyl halides is 3. The second kappa shape index (κ2) is 4.52. The van der Waals surface area contributed by atoms with E-state index in [2.05, 4.69) is 9.72 Å². The first-order valence-electron chi connectivity index (χ1n) is 3.86. The Morgan fingerprint density at radius 1 is 1.53 bits per heavy atom. The highest BCUT2D eigenvalue weighted by atomic mass is 127. The standard InChI is InChI=1S/C8H7F3INO2/c1-4-5(3-14)6(2-7(12)13-4)15-8(9,10)11/h2,14H,3H2,1H3. The van der Waals surface area contributed by atoms with Gasteiger partial charge in [0.05, 0.1) is 6.61 Å². The van der Waals surface area contributed by atoms with E-state index in [0.29, 0.717) is 9.39 Å². The van der Waals surface area contributed by atoms with Crippen LogP contribution in [0.2, 0.25) is 0 Å². The number of aliphatic hydroxyl groups excluding tert-OH is 1. The predicted octanol–water partition coefficient (Wildman–Crippen LogP) is 2.39. The molecule has 0 radical (unpaired) electrons. The number of hydrogen-bond donors (Lipinski definition) is 1. The van der Waals surface area contributed by atoms with E-state index in [9.17, 15) is 13.2 Å². The third kappa shape index (κ3) is 3.49. The van der Waals surface area contributed by atoms with Crippen LogP contribution >= 0.6 is 22.6 Å². The summed E-state index contributed by atoms with van der Waals surface area (Å²) in [6, 6.07) is 1.13. The molecule has 0 aliphatic heterocycles. The Bertz CT molecular complexity index is 368. The fraction of sp³-hybridized carbons (Fsp3) is 0.375. The molecular weight excluding hydrogens is 326 g/mol. The van der Waals surface area contributed by atoms with Crippen molar-refractivity contribution in [2.45, 2.75) is 19.9 Å². The molecule has 0 fully saturated rings. The van der Waals surface area contributed by atoms with Crippen LogP contribution in [-0.2, 0) is 6.61 Å². The molecule has 7 heteroatoms. The molecule has 0 spiro atoms. The van der Waals surface area contributed by atoms with Crippen molar-refractivity contribution >= 4 is 22.6 Å². The van der Waals surface area contributed by atoms with E-state index in [-0.39, 0.29) is 5.56 Å². The van der Waals surface area contributed by atoms with Gasteiger partial charge in [0.25, 0.3) is 0 Å². The van der Waals surface area contributed by atoms with Crippen LogP contribution < -0.4 is 4.74 Å². The van der Waals surface area contributed by atoms with Crippen molar-refractivity contribution in [2.24, 2.45) is 0 Å². The van der Waals surface area contributed by atoms with E-state index in [1.165, 1.54) is 6.92 Å². The summed E-state index contributed by atoms with van der Waals surface area (Å²) in [6.07, 6.45) is -4.76. The molecule has 3 nitrogen and oxygen atoms in total. The highest BCUT2D eigenvalue weighted by molar-refractivity contribution is 14.1. The largest absolute Gasteiger partial charge is 0.573 e. The number of pyridine rings is 1. The molecule has 1 aromatic heterocycles. The lowest BCUT2D eigenvalue weighted by Crippen LogP contribution is -2.19. The van der Waals surface area contributed by atoms with Crippen molar-refractivity contribution in [1.29, 1.82) is 0 Å². The van der Waals surface area contributed by atoms with Gasteiger partial charge in [-0.05, 0) is 29.5 Å². The molecule has 0 saturated carbocycles. The molecular formula is C8H7F3INO2. The second-order valence-corrected chi connectivity index (χ2v) is 3.82. The number of aryl methyl sites for hydroxylation is 1. The van der Waals surface area contributed by atoms with Crippen molar-refractivity contribution in [3.63, 3.8) is 0 Å². The van der Waals surface area contributed by atoms with Gasteiger partial charge in [-0.25, -0.2) is 4.98 Å². The zero-order valence-electron chi connectivity index (χ0n) is 7.60. The number of aliphatic hydroxyl groups is 1. The molecule has 0 saturated heterocycles. The Morgan fingerprint density at radius 3 is 2.60 bits per heavy atom.